The molecule has 1 aromatic carbocycles. The third-order valence-corrected chi connectivity index (χ3v) is 3.39. The largest absolute Gasteiger partial charge is 0.493 e. The van der Waals surface area contributed by atoms with Crippen molar-refractivity contribution in [3.05, 3.63) is 23.8 Å². The number of carbonyl (C=O) groups is 2. The van der Waals surface area contributed by atoms with Crippen molar-refractivity contribution in [2.75, 3.05) is 27.9 Å². The molecule has 1 aromatic rings. The van der Waals surface area contributed by atoms with Gasteiger partial charge < -0.3 is 24.3 Å². The maximum atomic E-state index is 11.7. The monoisotopic (exact) mass is 335 g/mol. The molecular formula is C17H21NO6. The minimum absolute atomic E-state index is 0.242. The molecule has 7 nitrogen and oxygen atoms in total. The lowest BCUT2D eigenvalue weighted by molar-refractivity contribution is -0.143. The van der Waals surface area contributed by atoms with Crippen molar-refractivity contribution in [3.8, 4) is 17.2 Å². The SMILES string of the molecule is COc1cc(C=CC(=O)OCC(=O)NC2CC2)cc(OC)c1OC. The highest BCUT2D eigenvalue weighted by Crippen LogP contribution is 2.38. The van der Waals surface area contributed by atoms with E-state index in [9.17, 15) is 9.59 Å². The molecule has 0 heterocycles. The normalized spacial score (nSPS) is 13.5. The second kappa shape index (κ2) is 8.24. The van der Waals surface area contributed by atoms with E-state index >= 15 is 0 Å². The Morgan fingerprint density at radius 1 is 1.12 bits per heavy atom. The number of methoxy groups -OCH3 is 3. The number of nitrogens with one attached hydrogen (secondary N) is 1. The number of hydrogen-bond acceptors (Lipinski definition) is 6. The Morgan fingerprint density at radius 3 is 2.25 bits per heavy atom. The van der Waals surface area contributed by atoms with Crippen LogP contribution in [0, 0.1) is 0 Å². The van der Waals surface area contributed by atoms with E-state index in [-0.39, 0.29) is 18.6 Å². The predicted octanol–water partition coefficient (Wildman–Crippen LogP) is 1.55. The number of carbonyl (C=O) groups excluding carboxylic acids is 2. The quantitative estimate of drug-likeness (QED) is 0.573. The standard InChI is InChI=1S/C17H21NO6/c1-21-13-8-11(9-14(22-2)17(13)23-3)4-7-16(20)24-10-15(19)18-12-5-6-12/h4,7-9,12H,5-6,10H2,1-3H3,(H,18,19). The van der Waals surface area contributed by atoms with Gasteiger partial charge in [0.05, 0.1) is 21.3 Å². The van der Waals surface area contributed by atoms with Gasteiger partial charge in [-0.15, -0.1) is 0 Å². The topological polar surface area (TPSA) is 83.1 Å². The van der Waals surface area contributed by atoms with E-state index in [4.69, 9.17) is 18.9 Å². The average Bonchev–Trinajstić information content (AvgIpc) is 3.40. The van der Waals surface area contributed by atoms with E-state index in [1.807, 2.05) is 0 Å². The Bertz CT molecular complexity index is 611. The maximum Gasteiger partial charge on any atom is 0.331 e. The van der Waals surface area contributed by atoms with Crippen molar-refractivity contribution >= 4 is 18.0 Å². The molecule has 2 rings (SSSR count). The van der Waals surface area contributed by atoms with Gasteiger partial charge in [-0.25, -0.2) is 4.79 Å². The number of hydrogen-bond donors (Lipinski definition) is 1. The van der Waals surface area contributed by atoms with E-state index in [1.54, 1.807) is 18.2 Å². The Labute approximate surface area is 140 Å². The molecule has 0 spiro atoms. The number of benzene rings is 1. The van der Waals surface area contributed by atoms with Crippen molar-refractivity contribution in [1.82, 2.24) is 5.32 Å². The van der Waals surface area contributed by atoms with Gasteiger partial charge in [-0.2, -0.15) is 0 Å². The van der Waals surface area contributed by atoms with Gasteiger partial charge in [0.15, 0.2) is 18.1 Å². The number of esters is 1. The van der Waals surface area contributed by atoms with Crippen LogP contribution < -0.4 is 19.5 Å². The molecule has 0 radical (unpaired) electrons. The molecule has 0 unspecified atom stereocenters. The zero-order chi connectivity index (χ0) is 17.5. The van der Waals surface area contributed by atoms with E-state index in [1.165, 1.54) is 27.4 Å². The third kappa shape index (κ3) is 4.91. The van der Waals surface area contributed by atoms with Crippen LogP contribution in [-0.4, -0.2) is 45.9 Å². The lowest BCUT2D eigenvalue weighted by Crippen LogP contribution is -2.30. The first kappa shape index (κ1) is 17.7. The molecule has 0 atom stereocenters. The van der Waals surface area contributed by atoms with Crippen LogP contribution in [0.5, 0.6) is 17.2 Å². The fourth-order valence-corrected chi connectivity index (χ4v) is 2.04. The summed E-state index contributed by atoms with van der Waals surface area (Å²) in [5.41, 5.74) is 0.670. The van der Waals surface area contributed by atoms with Crippen LogP contribution in [0.15, 0.2) is 18.2 Å². The molecule has 130 valence electrons. The summed E-state index contributed by atoms with van der Waals surface area (Å²) in [4.78, 5) is 23.1. The van der Waals surface area contributed by atoms with Crippen LogP contribution in [0.3, 0.4) is 0 Å². The summed E-state index contributed by atoms with van der Waals surface area (Å²) in [5.74, 6) is 0.542. The van der Waals surface area contributed by atoms with Crippen LogP contribution in [-0.2, 0) is 14.3 Å². The first-order valence-electron chi connectivity index (χ1n) is 7.51. The van der Waals surface area contributed by atoms with Gasteiger partial charge in [0.25, 0.3) is 5.91 Å². The highest BCUT2D eigenvalue weighted by molar-refractivity contribution is 5.89. The summed E-state index contributed by atoms with van der Waals surface area (Å²) < 4.78 is 20.6. The van der Waals surface area contributed by atoms with Crippen LogP contribution in [0.1, 0.15) is 18.4 Å². The highest BCUT2D eigenvalue weighted by atomic mass is 16.5. The molecule has 1 aliphatic carbocycles. The van der Waals surface area contributed by atoms with Gasteiger partial charge in [0, 0.05) is 12.1 Å². The van der Waals surface area contributed by atoms with E-state index < -0.39 is 5.97 Å². The van der Waals surface area contributed by atoms with Crippen LogP contribution in [0.25, 0.3) is 6.08 Å². The summed E-state index contributed by atoms with van der Waals surface area (Å²) in [6.07, 6.45) is 4.76. The Kier molecular flexibility index (Phi) is 6.06. The van der Waals surface area contributed by atoms with Crippen molar-refractivity contribution in [2.24, 2.45) is 0 Å². The zero-order valence-electron chi connectivity index (χ0n) is 14.0. The lowest BCUT2D eigenvalue weighted by Gasteiger charge is -2.12. The minimum Gasteiger partial charge on any atom is -0.493 e. The second-order valence-electron chi connectivity index (χ2n) is 5.24. The molecule has 0 saturated heterocycles. The Morgan fingerprint density at radius 2 is 1.75 bits per heavy atom. The van der Waals surface area contributed by atoms with Crippen LogP contribution >= 0.6 is 0 Å². The molecule has 1 aliphatic rings. The summed E-state index contributed by atoms with van der Waals surface area (Å²) in [6, 6.07) is 3.64. The fourth-order valence-electron chi connectivity index (χ4n) is 2.04. The predicted molar refractivity (Wildman–Crippen MR) is 87.3 cm³/mol. The van der Waals surface area contributed by atoms with Crippen molar-refractivity contribution in [1.29, 1.82) is 0 Å². The molecule has 24 heavy (non-hydrogen) atoms. The summed E-state index contributed by atoms with van der Waals surface area (Å²) in [7, 11) is 4.54. The van der Waals surface area contributed by atoms with Crippen LogP contribution in [0.4, 0.5) is 0 Å². The zero-order valence-corrected chi connectivity index (χ0v) is 14.0. The van der Waals surface area contributed by atoms with E-state index in [0.717, 1.165) is 12.8 Å². The molecule has 0 bridgehead atoms. The van der Waals surface area contributed by atoms with Gasteiger partial charge in [-0.3, -0.25) is 4.79 Å². The minimum atomic E-state index is -0.602. The van der Waals surface area contributed by atoms with Gasteiger partial charge in [-0.05, 0) is 36.6 Å². The molecule has 7 heteroatoms. The summed E-state index contributed by atoms with van der Waals surface area (Å²) >= 11 is 0. The van der Waals surface area contributed by atoms with E-state index in [0.29, 0.717) is 22.8 Å². The molecule has 1 fully saturated rings. The number of amides is 1. The Balaban J connectivity index is 1.96. The average molecular weight is 335 g/mol. The summed E-state index contributed by atoms with van der Waals surface area (Å²) in [6.45, 7) is -0.283. The fraction of sp³-hybridized carbons (Fsp3) is 0.412. The third-order valence-electron chi connectivity index (χ3n) is 3.39. The second-order valence-corrected chi connectivity index (χ2v) is 5.24. The van der Waals surface area contributed by atoms with Gasteiger partial charge in [0.1, 0.15) is 0 Å². The number of ether oxygens (including phenoxy) is 4. The molecular weight excluding hydrogens is 314 g/mol. The van der Waals surface area contributed by atoms with Crippen molar-refractivity contribution in [2.45, 2.75) is 18.9 Å². The molecule has 0 aliphatic heterocycles. The first-order chi connectivity index (χ1) is 11.6. The first-order valence-corrected chi connectivity index (χ1v) is 7.51. The molecule has 1 saturated carbocycles. The van der Waals surface area contributed by atoms with Gasteiger partial charge in [0.2, 0.25) is 5.75 Å². The summed E-state index contributed by atoms with van der Waals surface area (Å²) in [5, 5.41) is 2.74. The molecule has 1 N–H and O–H groups in total. The van der Waals surface area contributed by atoms with Crippen LogP contribution in [0.2, 0.25) is 0 Å². The van der Waals surface area contributed by atoms with E-state index in [2.05, 4.69) is 5.32 Å². The Hall–Kier alpha value is -2.70. The lowest BCUT2D eigenvalue weighted by atomic mass is 10.1. The number of rotatable bonds is 8. The van der Waals surface area contributed by atoms with Gasteiger partial charge in [-0.1, -0.05) is 0 Å². The maximum absolute atomic E-state index is 11.7. The van der Waals surface area contributed by atoms with Crippen molar-refractivity contribution < 1.29 is 28.5 Å². The van der Waals surface area contributed by atoms with Crippen molar-refractivity contribution in [3.63, 3.8) is 0 Å². The molecule has 0 aromatic heterocycles. The molecule has 1 amide bonds. The highest BCUT2D eigenvalue weighted by Gasteiger charge is 2.23. The van der Waals surface area contributed by atoms with Gasteiger partial charge >= 0.3 is 5.97 Å². The smallest absolute Gasteiger partial charge is 0.331 e.